The predicted molar refractivity (Wildman–Crippen MR) is 59.2 cm³/mol. The Kier molecular flexibility index (Phi) is 4.08. The first kappa shape index (κ1) is 11.4. The van der Waals surface area contributed by atoms with Crippen LogP contribution in [-0.4, -0.2) is 12.6 Å². The molecule has 13 heavy (non-hydrogen) atoms. The summed E-state index contributed by atoms with van der Waals surface area (Å²) < 4.78 is 0. The second-order valence-electron chi connectivity index (χ2n) is 4.54. The molecule has 0 aliphatic heterocycles. The highest BCUT2D eigenvalue weighted by Gasteiger charge is 2.30. The van der Waals surface area contributed by atoms with Crippen LogP contribution in [0.2, 0.25) is 0 Å². The number of halogens is 2. The maximum absolute atomic E-state index is 5.78. The predicted octanol–water partition coefficient (Wildman–Crippen LogP) is 3.47. The molecule has 1 fully saturated rings. The van der Waals surface area contributed by atoms with Gasteiger partial charge in [0.2, 0.25) is 0 Å². The maximum atomic E-state index is 5.78. The standard InChI is InChI=1S/C10H17Cl2N/c1-10(2)4-3-9(5-10)13-7-8(12)6-11/h6,9,13H,3-5,7H2,1-2H3. The van der Waals surface area contributed by atoms with Gasteiger partial charge >= 0.3 is 0 Å². The lowest BCUT2D eigenvalue weighted by Gasteiger charge is -2.17. The van der Waals surface area contributed by atoms with Gasteiger partial charge in [-0.05, 0) is 24.7 Å². The van der Waals surface area contributed by atoms with Crippen LogP contribution in [0.5, 0.6) is 0 Å². The molecule has 0 aromatic carbocycles. The normalized spacial score (nSPS) is 28.0. The summed E-state index contributed by atoms with van der Waals surface area (Å²) in [4.78, 5) is 0. The molecule has 1 atom stereocenters. The molecule has 0 heterocycles. The Hall–Kier alpha value is 0.280. The minimum atomic E-state index is 0.495. The van der Waals surface area contributed by atoms with Gasteiger partial charge in [-0.3, -0.25) is 0 Å². The van der Waals surface area contributed by atoms with Gasteiger partial charge in [0, 0.05) is 23.2 Å². The molecule has 0 saturated heterocycles. The summed E-state index contributed by atoms with van der Waals surface area (Å²) in [6, 6.07) is 0.611. The van der Waals surface area contributed by atoms with Crippen molar-refractivity contribution < 1.29 is 0 Å². The largest absolute Gasteiger partial charge is 0.309 e. The van der Waals surface area contributed by atoms with Crippen LogP contribution < -0.4 is 5.32 Å². The number of hydrogen-bond acceptors (Lipinski definition) is 1. The molecule has 0 spiro atoms. The summed E-state index contributed by atoms with van der Waals surface area (Å²) in [5.41, 5.74) is 1.92. The third-order valence-corrected chi connectivity index (χ3v) is 3.26. The molecule has 3 heteroatoms. The summed E-state index contributed by atoms with van der Waals surface area (Å²) in [6.45, 7) is 5.33. The van der Waals surface area contributed by atoms with Crippen LogP contribution >= 0.6 is 23.2 Å². The first-order valence-electron chi connectivity index (χ1n) is 4.72. The molecule has 0 radical (unpaired) electrons. The molecule has 0 aromatic rings. The fourth-order valence-corrected chi connectivity index (χ4v) is 2.05. The highest BCUT2D eigenvalue weighted by molar-refractivity contribution is 6.36. The van der Waals surface area contributed by atoms with Crippen LogP contribution in [0.25, 0.3) is 0 Å². The van der Waals surface area contributed by atoms with E-state index in [4.69, 9.17) is 23.2 Å². The van der Waals surface area contributed by atoms with Gasteiger partial charge in [0.25, 0.3) is 0 Å². The van der Waals surface area contributed by atoms with Crippen molar-refractivity contribution in [3.8, 4) is 0 Å². The van der Waals surface area contributed by atoms with Gasteiger partial charge in [0.05, 0.1) is 0 Å². The second kappa shape index (κ2) is 4.68. The maximum Gasteiger partial charge on any atom is 0.0431 e. The zero-order chi connectivity index (χ0) is 9.90. The van der Waals surface area contributed by atoms with Crippen molar-refractivity contribution >= 4 is 23.2 Å². The molecule has 1 nitrogen and oxygen atoms in total. The Labute approximate surface area is 90.5 Å². The average molecular weight is 222 g/mol. The Morgan fingerprint density at radius 2 is 2.31 bits per heavy atom. The summed E-state index contributed by atoms with van der Waals surface area (Å²) in [5, 5.41) is 4.09. The van der Waals surface area contributed by atoms with Gasteiger partial charge < -0.3 is 5.32 Å². The Morgan fingerprint density at radius 3 is 2.77 bits per heavy atom. The van der Waals surface area contributed by atoms with E-state index in [1.54, 1.807) is 0 Å². The van der Waals surface area contributed by atoms with Crippen molar-refractivity contribution in [1.82, 2.24) is 5.32 Å². The lowest BCUT2D eigenvalue weighted by Crippen LogP contribution is -2.28. The van der Waals surface area contributed by atoms with Crippen LogP contribution in [0.15, 0.2) is 10.6 Å². The van der Waals surface area contributed by atoms with E-state index in [9.17, 15) is 0 Å². The summed E-state index contributed by atoms with van der Waals surface area (Å²) >= 11 is 11.2. The van der Waals surface area contributed by atoms with Crippen LogP contribution in [-0.2, 0) is 0 Å². The van der Waals surface area contributed by atoms with Crippen LogP contribution in [0.4, 0.5) is 0 Å². The molecule has 1 rings (SSSR count). The Balaban J connectivity index is 2.25. The van der Waals surface area contributed by atoms with E-state index < -0.39 is 0 Å². The molecule has 0 amide bonds. The van der Waals surface area contributed by atoms with Gasteiger partial charge in [-0.2, -0.15) is 0 Å². The molecule has 76 valence electrons. The lowest BCUT2D eigenvalue weighted by molar-refractivity contribution is 0.367. The quantitative estimate of drug-likeness (QED) is 0.770. The molecule has 1 unspecified atom stereocenters. The molecule has 1 N–H and O–H groups in total. The Morgan fingerprint density at radius 1 is 1.62 bits per heavy atom. The van der Waals surface area contributed by atoms with E-state index in [0.717, 1.165) is 0 Å². The number of nitrogens with one attached hydrogen (secondary N) is 1. The molecule has 1 aliphatic carbocycles. The van der Waals surface area contributed by atoms with Crippen molar-refractivity contribution in [2.24, 2.45) is 5.41 Å². The summed E-state index contributed by atoms with van der Waals surface area (Å²) in [6.07, 6.45) is 3.78. The van der Waals surface area contributed by atoms with Gasteiger partial charge in [0.1, 0.15) is 0 Å². The molecule has 0 aromatic heterocycles. The zero-order valence-corrected chi connectivity index (χ0v) is 9.75. The minimum absolute atomic E-state index is 0.495. The van der Waals surface area contributed by atoms with Gasteiger partial charge in [-0.1, -0.05) is 37.0 Å². The summed E-state index contributed by atoms with van der Waals surface area (Å²) in [5.74, 6) is 0. The van der Waals surface area contributed by atoms with Crippen LogP contribution in [0.3, 0.4) is 0 Å². The van der Waals surface area contributed by atoms with Gasteiger partial charge in [-0.25, -0.2) is 0 Å². The third kappa shape index (κ3) is 3.88. The second-order valence-corrected chi connectivity index (χ2v) is 5.24. The highest BCUT2D eigenvalue weighted by Crippen LogP contribution is 2.36. The van der Waals surface area contributed by atoms with Gasteiger partial charge in [-0.15, -0.1) is 0 Å². The molecule has 1 saturated carbocycles. The van der Waals surface area contributed by atoms with Crippen molar-refractivity contribution in [3.63, 3.8) is 0 Å². The number of hydrogen-bond donors (Lipinski definition) is 1. The average Bonchev–Trinajstić information content (AvgIpc) is 2.41. The van der Waals surface area contributed by atoms with E-state index in [-0.39, 0.29) is 0 Å². The highest BCUT2D eigenvalue weighted by atomic mass is 35.5. The summed E-state index contributed by atoms with van der Waals surface area (Å²) in [7, 11) is 0. The lowest BCUT2D eigenvalue weighted by atomic mass is 9.92. The molecule has 0 bridgehead atoms. The van der Waals surface area contributed by atoms with E-state index in [1.807, 2.05) is 0 Å². The van der Waals surface area contributed by atoms with E-state index in [0.29, 0.717) is 23.0 Å². The smallest absolute Gasteiger partial charge is 0.0431 e. The van der Waals surface area contributed by atoms with Gasteiger partial charge in [0.15, 0.2) is 0 Å². The first-order chi connectivity index (χ1) is 6.03. The topological polar surface area (TPSA) is 12.0 Å². The van der Waals surface area contributed by atoms with Crippen molar-refractivity contribution in [2.75, 3.05) is 6.54 Å². The molecular formula is C10H17Cl2N. The zero-order valence-electron chi connectivity index (χ0n) is 8.24. The van der Waals surface area contributed by atoms with E-state index in [1.165, 1.54) is 24.8 Å². The molecular weight excluding hydrogens is 205 g/mol. The van der Waals surface area contributed by atoms with Crippen molar-refractivity contribution in [2.45, 2.75) is 39.2 Å². The molecule has 1 aliphatic rings. The fourth-order valence-electron chi connectivity index (χ4n) is 1.89. The Bertz CT molecular complexity index is 199. The SMILES string of the molecule is CC1(C)CCC(NCC(Cl)=CCl)C1. The van der Waals surface area contributed by atoms with Crippen LogP contribution in [0.1, 0.15) is 33.1 Å². The van der Waals surface area contributed by atoms with Crippen molar-refractivity contribution in [1.29, 1.82) is 0 Å². The van der Waals surface area contributed by atoms with Crippen molar-refractivity contribution in [3.05, 3.63) is 10.6 Å². The van der Waals surface area contributed by atoms with E-state index in [2.05, 4.69) is 19.2 Å². The van der Waals surface area contributed by atoms with Crippen LogP contribution in [0, 0.1) is 5.41 Å². The third-order valence-electron chi connectivity index (χ3n) is 2.65. The first-order valence-corrected chi connectivity index (χ1v) is 5.53. The van der Waals surface area contributed by atoms with E-state index >= 15 is 0 Å². The monoisotopic (exact) mass is 221 g/mol. The minimum Gasteiger partial charge on any atom is -0.309 e. The number of rotatable bonds is 3. The fraction of sp³-hybridized carbons (Fsp3) is 0.800.